The Hall–Kier alpha value is -1.42. The molecule has 0 atom stereocenters. The van der Waals surface area contributed by atoms with Crippen molar-refractivity contribution in [3.8, 4) is 5.88 Å². The molecule has 1 aromatic rings. The SMILES string of the molecule is CCN1Cc2cc(C(C)=O)c(OC)nc2C1. The highest BCUT2D eigenvalue weighted by Crippen LogP contribution is 2.26. The number of ether oxygens (including phenoxy) is 1. The molecule has 0 aromatic carbocycles. The van der Waals surface area contributed by atoms with Crippen molar-refractivity contribution in [2.24, 2.45) is 0 Å². The molecular weight excluding hydrogens is 204 g/mol. The first-order valence-electron chi connectivity index (χ1n) is 5.45. The highest BCUT2D eigenvalue weighted by Gasteiger charge is 2.22. The van der Waals surface area contributed by atoms with E-state index in [1.165, 1.54) is 0 Å². The zero-order valence-corrected chi connectivity index (χ0v) is 9.91. The number of hydrogen-bond donors (Lipinski definition) is 0. The van der Waals surface area contributed by atoms with Gasteiger partial charge in [0.2, 0.25) is 5.88 Å². The molecule has 1 aliphatic heterocycles. The number of methoxy groups -OCH3 is 1. The first-order chi connectivity index (χ1) is 7.65. The molecule has 0 radical (unpaired) electrons. The standard InChI is InChI=1S/C12H16N2O2/c1-4-14-6-9-5-10(8(2)15)12(16-3)13-11(9)7-14/h5H,4,6-7H2,1-3H3. The third-order valence-electron chi connectivity index (χ3n) is 2.94. The summed E-state index contributed by atoms with van der Waals surface area (Å²) in [6, 6.07) is 1.92. The van der Waals surface area contributed by atoms with Gasteiger partial charge in [-0.1, -0.05) is 6.92 Å². The van der Waals surface area contributed by atoms with E-state index in [1.807, 2.05) is 6.07 Å². The molecule has 4 nitrogen and oxygen atoms in total. The number of hydrogen-bond acceptors (Lipinski definition) is 4. The van der Waals surface area contributed by atoms with Crippen LogP contribution in [-0.2, 0) is 13.1 Å². The molecule has 0 N–H and O–H groups in total. The third kappa shape index (κ3) is 1.80. The van der Waals surface area contributed by atoms with Crippen molar-refractivity contribution in [3.63, 3.8) is 0 Å². The predicted octanol–water partition coefficient (Wildman–Crippen LogP) is 1.63. The molecule has 0 saturated heterocycles. The summed E-state index contributed by atoms with van der Waals surface area (Å²) >= 11 is 0. The number of Topliss-reactive ketones (excluding diaryl/α,β-unsaturated/α-hetero) is 1. The number of ketones is 1. The van der Waals surface area contributed by atoms with Gasteiger partial charge in [0.05, 0.1) is 18.4 Å². The highest BCUT2D eigenvalue weighted by molar-refractivity contribution is 5.96. The van der Waals surface area contributed by atoms with Crippen LogP contribution in [0.1, 0.15) is 35.5 Å². The molecule has 1 aliphatic rings. The molecule has 0 saturated carbocycles. The Morgan fingerprint density at radius 2 is 2.31 bits per heavy atom. The summed E-state index contributed by atoms with van der Waals surface area (Å²) in [5.74, 6) is 0.450. The highest BCUT2D eigenvalue weighted by atomic mass is 16.5. The van der Waals surface area contributed by atoms with Crippen molar-refractivity contribution in [1.29, 1.82) is 0 Å². The summed E-state index contributed by atoms with van der Waals surface area (Å²) in [6.45, 7) is 6.38. The molecule has 16 heavy (non-hydrogen) atoms. The lowest BCUT2D eigenvalue weighted by Gasteiger charge is -2.08. The van der Waals surface area contributed by atoms with Crippen LogP contribution >= 0.6 is 0 Å². The van der Waals surface area contributed by atoms with Crippen LogP contribution in [0, 0.1) is 0 Å². The first kappa shape index (κ1) is 11.1. The number of carbonyl (C=O) groups is 1. The van der Waals surface area contributed by atoms with Gasteiger partial charge in [0.15, 0.2) is 5.78 Å². The van der Waals surface area contributed by atoms with Crippen molar-refractivity contribution in [1.82, 2.24) is 9.88 Å². The first-order valence-corrected chi connectivity index (χ1v) is 5.45. The smallest absolute Gasteiger partial charge is 0.224 e. The maximum atomic E-state index is 11.4. The number of fused-ring (bicyclic) bond motifs is 1. The maximum absolute atomic E-state index is 11.4. The normalized spacial score (nSPS) is 14.9. The van der Waals surface area contributed by atoms with E-state index in [-0.39, 0.29) is 5.78 Å². The molecule has 4 heteroatoms. The van der Waals surface area contributed by atoms with Crippen molar-refractivity contribution >= 4 is 5.78 Å². The number of pyridine rings is 1. The van der Waals surface area contributed by atoms with Gasteiger partial charge in [-0.15, -0.1) is 0 Å². The van der Waals surface area contributed by atoms with Crippen LogP contribution < -0.4 is 4.74 Å². The minimum Gasteiger partial charge on any atom is -0.480 e. The van der Waals surface area contributed by atoms with Crippen LogP contribution in [0.2, 0.25) is 0 Å². The van der Waals surface area contributed by atoms with E-state index < -0.39 is 0 Å². The quantitative estimate of drug-likeness (QED) is 0.726. The van der Waals surface area contributed by atoms with Gasteiger partial charge in [-0.3, -0.25) is 9.69 Å². The monoisotopic (exact) mass is 220 g/mol. The number of aromatic nitrogens is 1. The molecule has 0 bridgehead atoms. The summed E-state index contributed by atoms with van der Waals surface area (Å²) in [5.41, 5.74) is 2.76. The molecule has 2 heterocycles. The van der Waals surface area contributed by atoms with Gasteiger partial charge in [-0.05, 0) is 25.1 Å². The second kappa shape index (κ2) is 4.22. The van der Waals surface area contributed by atoms with E-state index in [4.69, 9.17) is 4.74 Å². The molecule has 1 aromatic heterocycles. The van der Waals surface area contributed by atoms with Crippen molar-refractivity contribution in [2.75, 3.05) is 13.7 Å². The summed E-state index contributed by atoms with van der Waals surface area (Å²) in [7, 11) is 1.55. The topological polar surface area (TPSA) is 42.4 Å². The van der Waals surface area contributed by atoms with Gasteiger partial charge in [-0.25, -0.2) is 4.98 Å². The lowest BCUT2D eigenvalue weighted by atomic mass is 10.1. The maximum Gasteiger partial charge on any atom is 0.224 e. The van der Waals surface area contributed by atoms with Gasteiger partial charge in [0.1, 0.15) is 0 Å². The van der Waals surface area contributed by atoms with Gasteiger partial charge >= 0.3 is 0 Å². The van der Waals surface area contributed by atoms with E-state index in [0.29, 0.717) is 11.4 Å². The van der Waals surface area contributed by atoms with Gasteiger partial charge in [0, 0.05) is 13.1 Å². The molecule has 0 amide bonds. The molecule has 0 fully saturated rings. The minimum absolute atomic E-state index is 0.00194. The summed E-state index contributed by atoms with van der Waals surface area (Å²) < 4.78 is 5.15. The van der Waals surface area contributed by atoms with E-state index in [9.17, 15) is 4.79 Å². The number of rotatable bonds is 3. The number of carbonyl (C=O) groups excluding carboxylic acids is 1. The third-order valence-corrected chi connectivity index (χ3v) is 2.94. The number of nitrogens with zero attached hydrogens (tertiary/aromatic N) is 2. The van der Waals surface area contributed by atoms with Crippen LogP contribution in [0.3, 0.4) is 0 Å². The fraction of sp³-hybridized carbons (Fsp3) is 0.500. The predicted molar refractivity (Wildman–Crippen MR) is 60.6 cm³/mol. The fourth-order valence-corrected chi connectivity index (χ4v) is 1.99. The van der Waals surface area contributed by atoms with Crippen LogP contribution in [0.5, 0.6) is 5.88 Å². The summed E-state index contributed by atoms with van der Waals surface area (Å²) in [4.78, 5) is 18.1. The molecule has 2 rings (SSSR count). The van der Waals surface area contributed by atoms with Crippen molar-refractivity contribution in [3.05, 3.63) is 22.9 Å². The summed E-state index contributed by atoms with van der Waals surface area (Å²) in [5, 5.41) is 0. The van der Waals surface area contributed by atoms with Crippen LogP contribution in [0.25, 0.3) is 0 Å². The Bertz CT molecular complexity index is 429. The van der Waals surface area contributed by atoms with Gasteiger partial charge in [-0.2, -0.15) is 0 Å². The zero-order valence-electron chi connectivity index (χ0n) is 9.91. The van der Waals surface area contributed by atoms with E-state index >= 15 is 0 Å². The van der Waals surface area contributed by atoms with Gasteiger partial charge in [0.25, 0.3) is 0 Å². The van der Waals surface area contributed by atoms with Crippen molar-refractivity contribution < 1.29 is 9.53 Å². The second-order valence-electron chi connectivity index (χ2n) is 4.01. The Morgan fingerprint density at radius 1 is 1.56 bits per heavy atom. The molecule has 0 aliphatic carbocycles. The Morgan fingerprint density at radius 3 is 2.88 bits per heavy atom. The Kier molecular flexibility index (Phi) is 2.92. The summed E-state index contributed by atoms with van der Waals surface area (Å²) in [6.07, 6.45) is 0. The van der Waals surface area contributed by atoms with E-state index in [0.717, 1.165) is 30.9 Å². The second-order valence-corrected chi connectivity index (χ2v) is 4.01. The largest absolute Gasteiger partial charge is 0.480 e. The van der Waals surface area contributed by atoms with Crippen LogP contribution in [0.15, 0.2) is 6.07 Å². The average Bonchev–Trinajstić information content (AvgIpc) is 2.68. The molecule has 0 spiro atoms. The Balaban J connectivity index is 2.42. The molecule has 86 valence electrons. The van der Waals surface area contributed by atoms with E-state index in [2.05, 4.69) is 16.8 Å². The minimum atomic E-state index is 0.00194. The molecular formula is C12H16N2O2. The fourth-order valence-electron chi connectivity index (χ4n) is 1.99. The Labute approximate surface area is 95.2 Å². The van der Waals surface area contributed by atoms with Crippen LogP contribution in [0.4, 0.5) is 0 Å². The lowest BCUT2D eigenvalue weighted by molar-refractivity contribution is 0.101. The zero-order chi connectivity index (χ0) is 11.7. The van der Waals surface area contributed by atoms with Gasteiger partial charge < -0.3 is 4.74 Å². The van der Waals surface area contributed by atoms with Crippen LogP contribution in [-0.4, -0.2) is 29.3 Å². The lowest BCUT2D eigenvalue weighted by Crippen LogP contribution is -2.14. The van der Waals surface area contributed by atoms with E-state index in [1.54, 1.807) is 14.0 Å². The average molecular weight is 220 g/mol. The molecule has 0 unspecified atom stereocenters. The van der Waals surface area contributed by atoms with Crippen molar-refractivity contribution in [2.45, 2.75) is 26.9 Å².